The second-order valence-electron chi connectivity index (χ2n) is 4.06. The molecule has 0 spiro atoms. The van der Waals surface area contributed by atoms with Crippen LogP contribution < -0.4 is 5.73 Å². The van der Waals surface area contributed by atoms with Gasteiger partial charge in [-0.15, -0.1) is 0 Å². The fraction of sp³-hybridized carbons (Fsp3) is 0.455. The van der Waals surface area contributed by atoms with E-state index < -0.39 is 16.7 Å². The van der Waals surface area contributed by atoms with E-state index >= 15 is 0 Å². The van der Waals surface area contributed by atoms with Crippen molar-refractivity contribution in [2.75, 3.05) is 6.54 Å². The second kappa shape index (κ2) is 3.72. The first kappa shape index (κ1) is 10.8. The van der Waals surface area contributed by atoms with Crippen molar-refractivity contribution in [1.82, 2.24) is 0 Å². The maximum absolute atomic E-state index is 13.7. The summed E-state index contributed by atoms with van der Waals surface area (Å²) in [6, 6.07) is 2.67. The highest BCUT2D eigenvalue weighted by Crippen LogP contribution is 2.45. The minimum atomic E-state index is -0.718. The molecule has 0 saturated heterocycles. The van der Waals surface area contributed by atoms with Crippen molar-refractivity contribution in [1.29, 1.82) is 0 Å². The summed E-state index contributed by atoms with van der Waals surface area (Å²) in [5.74, 6) is -1.37. The Balaban J connectivity index is 2.49. The van der Waals surface area contributed by atoms with Crippen LogP contribution in [-0.2, 0) is 5.41 Å². The van der Waals surface area contributed by atoms with Crippen molar-refractivity contribution < 1.29 is 8.78 Å². The predicted octanol–water partition coefficient (Wildman–Crippen LogP) is 3.00. The van der Waals surface area contributed by atoms with Gasteiger partial charge in [-0.05, 0) is 24.5 Å². The summed E-state index contributed by atoms with van der Waals surface area (Å²) in [4.78, 5) is 0. The van der Waals surface area contributed by atoms with Gasteiger partial charge in [0, 0.05) is 12.0 Å². The zero-order valence-electron chi connectivity index (χ0n) is 8.19. The summed E-state index contributed by atoms with van der Waals surface area (Å²) in [5, 5.41) is -0.424. The van der Waals surface area contributed by atoms with Crippen LogP contribution in [0, 0.1) is 11.6 Å². The van der Waals surface area contributed by atoms with E-state index in [2.05, 4.69) is 0 Å². The number of nitrogens with two attached hydrogens (primary N) is 1. The molecule has 0 bridgehead atoms. The Labute approximate surface area is 92.2 Å². The van der Waals surface area contributed by atoms with Gasteiger partial charge < -0.3 is 5.73 Å². The summed E-state index contributed by atoms with van der Waals surface area (Å²) < 4.78 is 26.7. The van der Waals surface area contributed by atoms with Gasteiger partial charge in [0.05, 0.1) is 0 Å². The first-order valence-corrected chi connectivity index (χ1v) is 5.32. The molecular formula is C11H12ClF2N. The lowest BCUT2D eigenvalue weighted by Gasteiger charge is -2.41. The lowest BCUT2D eigenvalue weighted by Crippen LogP contribution is -2.42. The highest BCUT2D eigenvalue weighted by Gasteiger charge is 2.40. The summed E-state index contributed by atoms with van der Waals surface area (Å²) in [5.41, 5.74) is 5.80. The lowest BCUT2D eigenvalue weighted by atomic mass is 9.64. The minimum absolute atomic E-state index is 0.318. The van der Waals surface area contributed by atoms with E-state index in [0.29, 0.717) is 12.1 Å². The highest BCUT2D eigenvalue weighted by atomic mass is 35.5. The third-order valence-corrected chi connectivity index (χ3v) is 3.65. The van der Waals surface area contributed by atoms with Crippen molar-refractivity contribution in [2.45, 2.75) is 24.7 Å². The SMILES string of the molecule is NCC1(c2ccc(F)c(Cl)c2F)CCC1. The van der Waals surface area contributed by atoms with E-state index in [9.17, 15) is 8.78 Å². The molecule has 4 heteroatoms. The predicted molar refractivity (Wildman–Crippen MR) is 56.0 cm³/mol. The van der Waals surface area contributed by atoms with Crippen LogP contribution in [0.2, 0.25) is 5.02 Å². The Morgan fingerprint density at radius 2 is 2.00 bits per heavy atom. The minimum Gasteiger partial charge on any atom is -0.330 e. The monoisotopic (exact) mass is 231 g/mol. The van der Waals surface area contributed by atoms with Crippen LogP contribution in [0.25, 0.3) is 0 Å². The fourth-order valence-electron chi connectivity index (χ4n) is 2.12. The van der Waals surface area contributed by atoms with Gasteiger partial charge >= 0.3 is 0 Å². The Hall–Kier alpha value is -0.670. The van der Waals surface area contributed by atoms with E-state index in [1.54, 1.807) is 0 Å². The summed E-state index contributed by atoms with van der Waals surface area (Å²) in [7, 11) is 0. The molecule has 0 aromatic heterocycles. The molecule has 0 aliphatic heterocycles. The van der Waals surface area contributed by atoms with Gasteiger partial charge in [0.15, 0.2) is 0 Å². The van der Waals surface area contributed by atoms with E-state index in [4.69, 9.17) is 17.3 Å². The quantitative estimate of drug-likeness (QED) is 0.778. The van der Waals surface area contributed by atoms with Gasteiger partial charge in [-0.1, -0.05) is 24.1 Å². The zero-order chi connectivity index (χ0) is 11.1. The largest absolute Gasteiger partial charge is 0.330 e. The molecule has 1 aromatic rings. The first-order chi connectivity index (χ1) is 7.10. The molecule has 0 atom stereocenters. The van der Waals surface area contributed by atoms with Crippen molar-refractivity contribution in [2.24, 2.45) is 5.73 Å². The van der Waals surface area contributed by atoms with Gasteiger partial charge in [0.25, 0.3) is 0 Å². The Morgan fingerprint density at radius 1 is 1.33 bits per heavy atom. The van der Waals surface area contributed by atoms with Crippen LogP contribution in [0.5, 0.6) is 0 Å². The molecule has 15 heavy (non-hydrogen) atoms. The van der Waals surface area contributed by atoms with Crippen LogP contribution in [0.1, 0.15) is 24.8 Å². The third kappa shape index (κ3) is 1.54. The van der Waals surface area contributed by atoms with Gasteiger partial charge in [-0.3, -0.25) is 0 Å². The Bertz CT molecular complexity index is 383. The summed E-state index contributed by atoms with van der Waals surface area (Å²) in [6.07, 6.45) is 2.73. The molecule has 1 saturated carbocycles. The van der Waals surface area contributed by atoms with Crippen molar-refractivity contribution in [3.05, 3.63) is 34.4 Å². The molecule has 1 aromatic carbocycles. The van der Waals surface area contributed by atoms with Crippen molar-refractivity contribution in [3.63, 3.8) is 0 Å². The average molecular weight is 232 g/mol. The normalized spacial score (nSPS) is 18.7. The van der Waals surface area contributed by atoms with E-state index in [1.807, 2.05) is 0 Å². The summed E-state index contributed by atoms with van der Waals surface area (Å²) >= 11 is 5.54. The second-order valence-corrected chi connectivity index (χ2v) is 4.44. The van der Waals surface area contributed by atoms with Crippen LogP contribution in [-0.4, -0.2) is 6.54 Å². The number of hydrogen-bond acceptors (Lipinski definition) is 1. The average Bonchev–Trinajstić information content (AvgIpc) is 2.17. The van der Waals surface area contributed by atoms with Gasteiger partial charge in [0.2, 0.25) is 0 Å². The molecule has 0 heterocycles. The summed E-state index contributed by atoms with van der Waals surface area (Å²) in [6.45, 7) is 0.381. The van der Waals surface area contributed by atoms with E-state index in [-0.39, 0.29) is 5.41 Å². The topological polar surface area (TPSA) is 26.0 Å². The van der Waals surface area contributed by atoms with Crippen LogP contribution in [0.4, 0.5) is 8.78 Å². The molecule has 2 N–H and O–H groups in total. The number of rotatable bonds is 2. The third-order valence-electron chi connectivity index (χ3n) is 3.31. The fourth-order valence-corrected chi connectivity index (χ4v) is 2.29. The Morgan fingerprint density at radius 3 is 2.47 bits per heavy atom. The van der Waals surface area contributed by atoms with Gasteiger partial charge in [0.1, 0.15) is 16.7 Å². The molecule has 0 amide bonds. The highest BCUT2D eigenvalue weighted by molar-refractivity contribution is 6.31. The van der Waals surface area contributed by atoms with Crippen LogP contribution >= 0.6 is 11.6 Å². The van der Waals surface area contributed by atoms with Crippen molar-refractivity contribution >= 4 is 11.6 Å². The number of halogens is 3. The maximum atomic E-state index is 13.7. The van der Waals surface area contributed by atoms with Gasteiger partial charge in [-0.2, -0.15) is 0 Å². The van der Waals surface area contributed by atoms with E-state index in [1.165, 1.54) is 12.1 Å². The van der Waals surface area contributed by atoms with Gasteiger partial charge in [-0.25, -0.2) is 8.78 Å². The number of hydrogen-bond donors (Lipinski definition) is 1. The molecule has 1 nitrogen and oxygen atoms in total. The molecular weight excluding hydrogens is 220 g/mol. The zero-order valence-corrected chi connectivity index (χ0v) is 8.95. The molecule has 2 rings (SSSR count). The molecule has 1 fully saturated rings. The molecule has 82 valence electrons. The van der Waals surface area contributed by atoms with Crippen LogP contribution in [0.15, 0.2) is 12.1 Å². The lowest BCUT2D eigenvalue weighted by molar-refractivity contribution is 0.244. The molecule has 1 aliphatic carbocycles. The first-order valence-electron chi connectivity index (χ1n) is 4.95. The van der Waals surface area contributed by atoms with Crippen LogP contribution in [0.3, 0.4) is 0 Å². The standard InChI is InChI=1S/C11H12ClF2N/c12-9-8(13)3-2-7(10(9)14)11(6-15)4-1-5-11/h2-3H,1,4-6,15H2. The van der Waals surface area contributed by atoms with Crippen molar-refractivity contribution in [3.8, 4) is 0 Å². The molecule has 0 radical (unpaired) electrons. The molecule has 1 aliphatic rings. The number of benzene rings is 1. The molecule has 0 unspecified atom stereocenters. The van der Waals surface area contributed by atoms with E-state index in [0.717, 1.165) is 19.3 Å². The smallest absolute Gasteiger partial charge is 0.148 e. The maximum Gasteiger partial charge on any atom is 0.148 e. The Kier molecular flexibility index (Phi) is 2.69.